The first-order chi connectivity index (χ1) is 29.4. The van der Waals surface area contributed by atoms with E-state index in [-0.39, 0.29) is 19.4 Å². The molecule has 0 aromatic heterocycles. The van der Waals surface area contributed by atoms with Gasteiger partial charge >= 0.3 is 25.7 Å². The molecule has 0 fully saturated rings. The van der Waals surface area contributed by atoms with E-state index in [0.29, 0.717) is 12.8 Å². The molecule has 0 saturated carbocycles. The van der Waals surface area contributed by atoms with Crippen LogP contribution in [0, 0.1) is 0 Å². The first kappa shape index (κ1) is 50.6. The quantitative estimate of drug-likeness (QED) is 0.0170. The number of hydrogen-bond acceptors (Lipinski definition) is 11. The number of ether oxygens (including phenoxy) is 4. The second-order valence-corrected chi connectivity index (χ2v) is 19.1. The second kappa shape index (κ2) is 27.2. The minimum atomic E-state index is -4.83. The Kier molecular flexibility index (Phi) is 22.6. The highest BCUT2D eigenvalue weighted by atomic mass is 79.9. The number of aliphatic hydroxyl groups excluding tert-OH is 1. The van der Waals surface area contributed by atoms with E-state index in [1.807, 2.05) is 0 Å². The predicted molar refractivity (Wildman–Crippen MR) is 247 cm³/mol. The van der Waals surface area contributed by atoms with Crippen molar-refractivity contribution in [2.75, 3.05) is 26.9 Å². The van der Waals surface area contributed by atoms with Gasteiger partial charge in [-0.3, -0.25) is 14.4 Å². The molecule has 0 radical (unpaired) electrons. The van der Waals surface area contributed by atoms with Gasteiger partial charge in [0.15, 0.2) is 6.10 Å². The molecule has 0 amide bonds. The van der Waals surface area contributed by atoms with Crippen molar-refractivity contribution >= 4 is 79.1 Å². The summed E-state index contributed by atoms with van der Waals surface area (Å²) >= 11 is 7.10. The van der Waals surface area contributed by atoms with E-state index < -0.39 is 50.8 Å². The molecule has 14 heteroatoms. The lowest BCUT2D eigenvalue weighted by atomic mass is 9.99. The lowest BCUT2D eigenvalue weighted by Gasteiger charge is -2.21. The van der Waals surface area contributed by atoms with Crippen LogP contribution in [0.4, 0.5) is 0 Å². The molecule has 11 nitrogen and oxygen atoms in total. The van der Waals surface area contributed by atoms with Gasteiger partial charge in [-0.2, -0.15) is 14.7 Å². The van der Waals surface area contributed by atoms with Crippen LogP contribution in [0.15, 0.2) is 75.7 Å². The van der Waals surface area contributed by atoms with Gasteiger partial charge in [-0.05, 0) is 127 Å². The number of benzene rings is 4. The molecule has 4 aromatic carbocycles. The Morgan fingerprint density at radius 2 is 1.11 bits per heavy atom. The van der Waals surface area contributed by atoms with Crippen molar-refractivity contribution < 1.29 is 53.1 Å². The smallest absolute Gasteiger partial charge is 0.443 e. The maximum atomic E-state index is 12.7. The number of carbonyl (C=O) groups excluding carboxylic acids is 3. The average Bonchev–Trinajstić information content (AvgIpc) is 3.22. The predicted octanol–water partition coefficient (Wildman–Crippen LogP) is 10.7. The third kappa shape index (κ3) is 18.3. The van der Waals surface area contributed by atoms with Crippen molar-refractivity contribution in [3.63, 3.8) is 0 Å². The molecule has 4 rings (SSSR count). The molecule has 0 bridgehead atoms. The largest absolute Gasteiger partial charge is 0.494 e. The Bertz CT molecular complexity index is 1960. The maximum absolute atomic E-state index is 12.7. The minimum absolute atomic E-state index is 0.114. The van der Waals surface area contributed by atoms with Crippen LogP contribution in [0.1, 0.15) is 114 Å². The summed E-state index contributed by atoms with van der Waals surface area (Å²) in [4.78, 5) is 66.4. The maximum Gasteiger partial charge on any atom is 0.443 e. The van der Waals surface area contributed by atoms with Gasteiger partial charge in [0.05, 0.1) is 22.7 Å². The highest BCUT2D eigenvalue weighted by Gasteiger charge is 2.49. The van der Waals surface area contributed by atoms with Gasteiger partial charge in [0.25, 0.3) is 0 Å². The number of ketones is 1. The standard InChI is InChI=1S/C47H62Br2O11P/c1-57-46-41(48)27-35(28-42(46)49)19-13-9-5-3-7-11-15-23-45(53)60-40(33-59-47(43(51)31-50)61(54,55)56)32-58-44(52)22-14-10-6-2-4-8-12-18-34-24-25-38-29-36-20-16-17-21-37(36)30-39(38)26-34/h16-17,20-21,24-30,40,47,50,54-56H,2-15,18-19,22-23,31-33H2,1H3/q+1/t40-,47?/m1/s1. The SMILES string of the molecule is COc1c(Br)cc(CCCCCCCCCC(=O)O[C@H](COC(=O)CCCCCCCCCc2ccc3cc4ccccc4cc3c2)COC(C(=O)CO)[P+](O)(O)O)cc1Br. The first-order valence-corrected chi connectivity index (χ1v) is 24.8. The Balaban J connectivity index is 1.08. The zero-order chi connectivity index (χ0) is 44.0. The van der Waals surface area contributed by atoms with Crippen LogP contribution in [0.25, 0.3) is 21.5 Å². The third-order valence-corrected chi connectivity index (χ3v) is 12.9. The molecule has 4 N–H and O–H groups in total. The number of carbonyl (C=O) groups is 3. The molecular formula is C47H62Br2O11P+. The summed E-state index contributed by atoms with van der Waals surface area (Å²) in [6, 6.07) is 23.8. The van der Waals surface area contributed by atoms with E-state index in [4.69, 9.17) is 18.9 Å². The highest BCUT2D eigenvalue weighted by Crippen LogP contribution is 2.51. The lowest BCUT2D eigenvalue weighted by Crippen LogP contribution is -2.36. The molecule has 4 aromatic rings. The monoisotopic (exact) mass is 991 g/mol. The second-order valence-electron chi connectivity index (χ2n) is 15.6. The number of methoxy groups -OCH3 is 1. The summed E-state index contributed by atoms with van der Waals surface area (Å²) in [6.07, 6.45) is 14.8. The van der Waals surface area contributed by atoms with Crippen LogP contribution in [-0.4, -0.2) is 76.4 Å². The van der Waals surface area contributed by atoms with Crippen molar-refractivity contribution in [1.29, 1.82) is 0 Å². The molecule has 0 spiro atoms. The van der Waals surface area contributed by atoms with E-state index >= 15 is 0 Å². The van der Waals surface area contributed by atoms with Crippen LogP contribution in [0.2, 0.25) is 0 Å². The molecule has 0 saturated heterocycles. The van der Waals surface area contributed by atoms with Crippen molar-refractivity contribution in [3.05, 3.63) is 86.8 Å². The summed E-state index contributed by atoms with van der Waals surface area (Å²) < 4.78 is 23.3. The Morgan fingerprint density at radius 1 is 0.607 bits per heavy atom. The first-order valence-electron chi connectivity index (χ1n) is 21.5. The number of Topliss-reactive ketones (excluding diaryl/α,β-unsaturated/α-hetero) is 1. The van der Waals surface area contributed by atoms with E-state index in [2.05, 4.69) is 98.6 Å². The van der Waals surface area contributed by atoms with Crippen LogP contribution in [0.5, 0.6) is 5.75 Å². The fourth-order valence-corrected chi connectivity index (χ4v) is 9.70. The van der Waals surface area contributed by atoms with E-state index in [1.54, 1.807) is 7.11 Å². The lowest BCUT2D eigenvalue weighted by molar-refractivity contribution is -0.164. The average molecular weight is 994 g/mol. The highest BCUT2D eigenvalue weighted by molar-refractivity contribution is 9.11. The Labute approximate surface area is 377 Å². The van der Waals surface area contributed by atoms with Crippen molar-refractivity contribution in [1.82, 2.24) is 0 Å². The molecule has 1 unspecified atom stereocenters. The van der Waals surface area contributed by atoms with Crippen molar-refractivity contribution in [2.45, 2.75) is 128 Å². The number of unbranched alkanes of at least 4 members (excludes halogenated alkanes) is 12. The molecule has 0 aliphatic rings. The molecule has 61 heavy (non-hydrogen) atoms. The van der Waals surface area contributed by atoms with Gasteiger partial charge in [-0.25, -0.2) is 0 Å². The Hall–Kier alpha value is -3.00. The van der Waals surface area contributed by atoms with Crippen LogP contribution in [0.3, 0.4) is 0 Å². The van der Waals surface area contributed by atoms with E-state index in [1.165, 1.54) is 32.7 Å². The summed E-state index contributed by atoms with van der Waals surface area (Å²) in [5, 5.41) is 14.2. The van der Waals surface area contributed by atoms with Gasteiger partial charge in [-0.15, -0.1) is 0 Å². The summed E-state index contributed by atoms with van der Waals surface area (Å²) in [5.74, 6) is -3.53. The van der Waals surface area contributed by atoms with E-state index in [0.717, 1.165) is 105 Å². The van der Waals surface area contributed by atoms with Gasteiger partial charge in [0.2, 0.25) is 5.78 Å². The number of fused-ring (bicyclic) bond motifs is 2. The van der Waals surface area contributed by atoms with Gasteiger partial charge in [-0.1, -0.05) is 107 Å². The minimum Gasteiger partial charge on any atom is -0.494 e. The van der Waals surface area contributed by atoms with E-state index in [9.17, 15) is 34.2 Å². The Morgan fingerprint density at radius 3 is 1.67 bits per heavy atom. The molecule has 0 aliphatic heterocycles. The molecule has 334 valence electrons. The number of hydrogen-bond donors (Lipinski definition) is 4. The van der Waals surface area contributed by atoms with Crippen LogP contribution >= 0.6 is 39.8 Å². The van der Waals surface area contributed by atoms with Crippen molar-refractivity contribution in [3.8, 4) is 5.75 Å². The van der Waals surface area contributed by atoms with Crippen LogP contribution < -0.4 is 4.74 Å². The number of aryl methyl sites for hydroxylation is 2. The fraction of sp³-hybridized carbons (Fsp3) is 0.511. The number of aliphatic hydroxyl groups is 1. The summed E-state index contributed by atoms with van der Waals surface area (Å²) in [7, 11) is -3.20. The molecular weight excluding hydrogens is 931 g/mol. The number of halogens is 2. The van der Waals surface area contributed by atoms with Gasteiger partial charge in [0.1, 0.15) is 19.0 Å². The number of esters is 2. The summed E-state index contributed by atoms with van der Waals surface area (Å²) in [6.45, 7) is -2.05. The molecule has 0 aliphatic carbocycles. The van der Waals surface area contributed by atoms with Crippen LogP contribution in [-0.2, 0) is 41.4 Å². The zero-order valence-corrected chi connectivity index (χ0v) is 39.3. The third-order valence-electron chi connectivity index (χ3n) is 10.6. The van der Waals surface area contributed by atoms with Gasteiger partial charge < -0.3 is 24.1 Å². The normalized spacial score (nSPS) is 12.7. The molecule has 0 heterocycles. The summed E-state index contributed by atoms with van der Waals surface area (Å²) in [5.41, 5.74) is 2.58. The molecule has 2 atom stereocenters. The fourth-order valence-electron chi connectivity index (χ4n) is 7.34. The van der Waals surface area contributed by atoms with Crippen molar-refractivity contribution in [2.24, 2.45) is 0 Å². The topological polar surface area (TPSA) is 169 Å². The van der Waals surface area contributed by atoms with Gasteiger partial charge in [0, 0.05) is 12.8 Å². The number of rotatable bonds is 30. The zero-order valence-electron chi connectivity index (χ0n) is 35.2.